The van der Waals surface area contributed by atoms with E-state index in [0.717, 1.165) is 41.9 Å². The number of benzene rings is 1. The van der Waals surface area contributed by atoms with Crippen LogP contribution in [0.3, 0.4) is 0 Å². The summed E-state index contributed by atoms with van der Waals surface area (Å²) >= 11 is 1.50. The van der Waals surface area contributed by atoms with E-state index >= 15 is 0 Å². The van der Waals surface area contributed by atoms with Crippen molar-refractivity contribution in [2.45, 2.75) is 43.2 Å². The average molecular weight is 418 g/mol. The van der Waals surface area contributed by atoms with Crippen LogP contribution in [0.2, 0.25) is 0 Å². The minimum absolute atomic E-state index is 0.213. The van der Waals surface area contributed by atoms with Crippen molar-refractivity contribution in [3.63, 3.8) is 0 Å². The molecule has 2 heterocycles. The molecule has 8 heteroatoms. The van der Waals surface area contributed by atoms with Crippen LogP contribution in [-0.2, 0) is 16.6 Å². The van der Waals surface area contributed by atoms with Crippen LogP contribution in [0.1, 0.15) is 37.3 Å². The van der Waals surface area contributed by atoms with Crippen LogP contribution in [0.5, 0.6) is 5.75 Å². The Balaban J connectivity index is 1.61. The van der Waals surface area contributed by atoms with E-state index in [2.05, 4.69) is 9.82 Å². The summed E-state index contributed by atoms with van der Waals surface area (Å²) in [6.07, 6.45) is 6.11. The van der Waals surface area contributed by atoms with Crippen molar-refractivity contribution in [2.24, 2.45) is 0 Å². The summed E-state index contributed by atoms with van der Waals surface area (Å²) in [5, 5.41) is 6.61. The fourth-order valence-corrected chi connectivity index (χ4v) is 5.46. The Morgan fingerprint density at radius 2 is 1.96 bits per heavy atom. The Kier molecular flexibility index (Phi) is 5.52. The predicted octanol–water partition coefficient (Wildman–Crippen LogP) is 4.21. The zero-order valence-electron chi connectivity index (χ0n) is 15.7. The van der Waals surface area contributed by atoms with Gasteiger partial charge in [-0.25, -0.2) is 13.1 Å². The van der Waals surface area contributed by atoms with Crippen LogP contribution in [0.4, 0.5) is 0 Å². The normalized spacial score (nSPS) is 15.2. The molecule has 1 fully saturated rings. The molecule has 0 aliphatic heterocycles. The quantitative estimate of drug-likeness (QED) is 0.625. The second-order valence-corrected chi connectivity index (χ2v) is 9.59. The monoisotopic (exact) mass is 417 g/mol. The van der Waals surface area contributed by atoms with Gasteiger partial charge < -0.3 is 4.74 Å². The Morgan fingerprint density at radius 1 is 1.21 bits per heavy atom. The second kappa shape index (κ2) is 8.06. The van der Waals surface area contributed by atoms with Crippen molar-refractivity contribution < 1.29 is 13.2 Å². The van der Waals surface area contributed by atoms with Gasteiger partial charge in [0, 0.05) is 12.7 Å². The lowest BCUT2D eigenvalue weighted by Crippen LogP contribution is -2.23. The van der Waals surface area contributed by atoms with Gasteiger partial charge in [0.25, 0.3) is 0 Å². The molecular weight excluding hydrogens is 394 g/mol. The maximum Gasteiger partial charge on any atom is 0.244 e. The molecule has 1 aliphatic carbocycles. The first kappa shape index (κ1) is 19.2. The number of nitrogens with zero attached hydrogens (tertiary/aromatic N) is 2. The Labute approximate surface area is 169 Å². The highest BCUT2D eigenvalue weighted by molar-refractivity contribution is 7.89. The zero-order valence-corrected chi connectivity index (χ0v) is 17.3. The first-order chi connectivity index (χ1) is 13.6. The largest absolute Gasteiger partial charge is 0.497 e. The van der Waals surface area contributed by atoms with Crippen molar-refractivity contribution >= 4 is 21.4 Å². The van der Waals surface area contributed by atoms with Crippen LogP contribution in [0.25, 0.3) is 10.6 Å². The standard InChI is InChI=1S/C20H23N3O3S2/c1-26-17-10-8-15(9-11-17)13-21-28(24,25)19-14-23(16-5-2-3-6-16)22-20(19)18-7-4-12-27-18/h4,7-12,14,16,21H,2-3,5-6,13H2,1H3. The molecule has 4 rings (SSSR count). The van der Waals surface area contributed by atoms with Crippen molar-refractivity contribution in [3.8, 4) is 16.3 Å². The molecule has 2 aromatic heterocycles. The molecule has 0 bridgehead atoms. The molecule has 0 spiro atoms. The molecule has 6 nitrogen and oxygen atoms in total. The highest BCUT2D eigenvalue weighted by Crippen LogP contribution is 2.34. The molecule has 1 N–H and O–H groups in total. The van der Waals surface area contributed by atoms with Gasteiger partial charge in [-0.1, -0.05) is 31.0 Å². The lowest BCUT2D eigenvalue weighted by Gasteiger charge is -2.08. The second-order valence-electron chi connectivity index (χ2n) is 6.91. The number of nitrogens with one attached hydrogen (secondary N) is 1. The summed E-state index contributed by atoms with van der Waals surface area (Å²) in [4.78, 5) is 1.11. The van der Waals surface area contributed by atoms with Gasteiger partial charge >= 0.3 is 0 Å². The van der Waals surface area contributed by atoms with Gasteiger partial charge in [0.2, 0.25) is 10.0 Å². The highest BCUT2D eigenvalue weighted by Gasteiger charge is 2.27. The minimum Gasteiger partial charge on any atom is -0.497 e. The van der Waals surface area contributed by atoms with Crippen molar-refractivity contribution in [3.05, 3.63) is 53.5 Å². The van der Waals surface area contributed by atoms with Crippen LogP contribution in [-0.4, -0.2) is 25.3 Å². The average Bonchev–Trinajstić information content (AvgIpc) is 3.47. The summed E-state index contributed by atoms with van der Waals surface area (Å²) in [5.41, 5.74) is 1.40. The summed E-state index contributed by atoms with van der Waals surface area (Å²) in [6, 6.07) is 11.4. The highest BCUT2D eigenvalue weighted by atomic mass is 32.2. The zero-order chi connectivity index (χ0) is 19.6. The number of rotatable bonds is 7. The third-order valence-corrected chi connectivity index (χ3v) is 7.35. The van der Waals surface area contributed by atoms with Crippen molar-refractivity contribution in [2.75, 3.05) is 7.11 Å². The molecule has 0 atom stereocenters. The van der Waals surface area contributed by atoms with Gasteiger partial charge in [0.1, 0.15) is 16.3 Å². The maximum atomic E-state index is 13.1. The molecule has 1 saturated carbocycles. The van der Waals surface area contributed by atoms with Gasteiger partial charge in [-0.3, -0.25) is 4.68 Å². The van der Waals surface area contributed by atoms with Gasteiger partial charge in [0.05, 0.1) is 18.0 Å². The van der Waals surface area contributed by atoms with Crippen LogP contribution < -0.4 is 9.46 Å². The molecular formula is C20H23N3O3S2. The molecule has 0 amide bonds. The summed E-state index contributed by atoms with van der Waals surface area (Å²) in [6.45, 7) is 0.213. The lowest BCUT2D eigenvalue weighted by molar-refractivity contribution is 0.414. The van der Waals surface area contributed by atoms with E-state index in [-0.39, 0.29) is 17.5 Å². The van der Waals surface area contributed by atoms with E-state index in [0.29, 0.717) is 5.69 Å². The Hall–Kier alpha value is -2.16. The topological polar surface area (TPSA) is 73.2 Å². The number of thiophene rings is 1. The number of hydrogen-bond acceptors (Lipinski definition) is 5. The Morgan fingerprint density at radius 3 is 2.61 bits per heavy atom. The van der Waals surface area contributed by atoms with Gasteiger partial charge in [-0.05, 0) is 42.0 Å². The molecule has 28 heavy (non-hydrogen) atoms. The van der Waals surface area contributed by atoms with E-state index in [1.807, 2.05) is 46.5 Å². The molecule has 1 aromatic carbocycles. The smallest absolute Gasteiger partial charge is 0.244 e. The summed E-state index contributed by atoms with van der Waals surface area (Å²) in [5.74, 6) is 0.740. The van der Waals surface area contributed by atoms with Crippen molar-refractivity contribution in [1.29, 1.82) is 0 Å². The maximum absolute atomic E-state index is 13.1. The van der Waals surface area contributed by atoms with Gasteiger partial charge in [-0.2, -0.15) is 5.10 Å². The first-order valence-electron chi connectivity index (χ1n) is 9.32. The van der Waals surface area contributed by atoms with E-state index in [9.17, 15) is 8.42 Å². The molecule has 0 saturated heterocycles. The fourth-order valence-electron chi connectivity index (χ4n) is 3.51. The molecule has 1 aliphatic rings. The van der Waals surface area contributed by atoms with E-state index in [4.69, 9.17) is 4.74 Å². The van der Waals surface area contributed by atoms with Crippen LogP contribution >= 0.6 is 11.3 Å². The predicted molar refractivity (Wildman–Crippen MR) is 110 cm³/mol. The molecule has 0 unspecified atom stereocenters. The van der Waals surface area contributed by atoms with Crippen LogP contribution in [0.15, 0.2) is 52.9 Å². The van der Waals surface area contributed by atoms with E-state index in [1.54, 1.807) is 13.3 Å². The van der Waals surface area contributed by atoms with E-state index < -0.39 is 10.0 Å². The number of ether oxygens (including phenoxy) is 1. The molecule has 0 radical (unpaired) electrons. The molecule has 3 aromatic rings. The third-order valence-electron chi connectivity index (χ3n) is 5.07. The van der Waals surface area contributed by atoms with Crippen molar-refractivity contribution in [1.82, 2.24) is 14.5 Å². The minimum atomic E-state index is -3.70. The third kappa shape index (κ3) is 3.99. The lowest BCUT2D eigenvalue weighted by atomic mass is 10.2. The van der Waals surface area contributed by atoms with E-state index in [1.165, 1.54) is 11.3 Å². The number of aromatic nitrogens is 2. The summed E-state index contributed by atoms with van der Waals surface area (Å²) in [7, 11) is -2.09. The first-order valence-corrected chi connectivity index (χ1v) is 11.7. The van der Waals surface area contributed by atoms with Crippen LogP contribution in [0, 0.1) is 0 Å². The number of sulfonamides is 1. The van der Waals surface area contributed by atoms with Gasteiger partial charge in [0.15, 0.2) is 0 Å². The Bertz CT molecular complexity index is 1020. The van der Waals surface area contributed by atoms with Gasteiger partial charge in [-0.15, -0.1) is 11.3 Å². The SMILES string of the molecule is COc1ccc(CNS(=O)(=O)c2cn(C3CCCC3)nc2-c2cccs2)cc1. The number of methoxy groups -OCH3 is 1. The number of hydrogen-bond donors (Lipinski definition) is 1. The molecule has 148 valence electrons. The summed E-state index contributed by atoms with van der Waals surface area (Å²) < 4.78 is 35.9. The fraction of sp³-hybridized carbons (Fsp3) is 0.350.